The van der Waals surface area contributed by atoms with Gasteiger partial charge in [0.05, 0.1) is 25.4 Å². The first-order valence-electron chi connectivity index (χ1n) is 14.2. The largest absolute Gasteiger partial charge is 0.442 e. The molecule has 2 N–H and O–H groups in total. The number of epoxide rings is 1. The number of carbonyl (C=O) groups is 1. The summed E-state index contributed by atoms with van der Waals surface area (Å²) in [5.41, 5.74) is 1.34. The summed E-state index contributed by atoms with van der Waals surface area (Å²) >= 11 is 0. The highest BCUT2D eigenvalue weighted by Gasteiger charge is 2.69. The van der Waals surface area contributed by atoms with E-state index in [1.54, 1.807) is 7.05 Å². The molecule has 0 bridgehead atoms. The van der Waals surface area contributed by atoms with Gasteiger partial charge in [-0.3, -0.25) is 0 Å². The highest BCUT2D eigenvalue weighted by atomic mass is 16.7. The highest BCUT2D eigenvalue weighted by Crippen LogP contribution is 2.69. The van der Waals surface area contributed by atoms with Crippen LogP contribution in [-0.2, 0) is 18.9 Å². The van der Waals surface area contributed by atoms with Gasteiger partial charge in [0.2, 0.25) is 0 Å². The number of amides is 1. The number of nitrogens with one attached hydrogen (secondary N) is 1. The number of hydrogen-bond acceptors (Lipinski definition) is 6. The van der Waals surface area contributed by atoms with Crippen LogP contribution in [0.3, 0.4) is 0 Å². The molecule has 0 radical (unpaired) electrons. The third kappa shape index (κ3) is 3.63. The summed E-state index contributed by atoms with van der Waals surface area (Å²) in [6.45, 7) is 13.0. The third-order valence-corrected chi connectivity index (χ3v) is 11.3. The molecule has 0 spiro atoms. The predicted molar refractivity (Wildman–Crippen MR) is 134 cm³/mol. The van der Waals surface area contributed by atoms with Crippen molar-refractivity contribution in [2.75, 3.05) is 20.3 Å². The standard InChI is InChI=1S/C29H45NO6/c1-15(25-33-13-27(2,3)14-34-25)17-7-8-18-22-19(9-10-28(17,18)4)29(5)16(11-20(31)23-24(29)36-23)12-21(22)35-26(32)30-6/h12,15,17-25,31H,7-11,13-14H2,1-6H3,(H,30,32)/t15?,17-,18+,19+,20?,21?,22+,23?,24?,28-,29+/m1/s1. The van der Waals surface area contributed by atoms with Crippen LogP contribution in [0.15, 0.2) is 11.6 Å². The first-order chi connectivity index (χ1) is 17.0. The number of carbonyl (C=O) groups excluding carboxylic acids is 1. The molecule has 4 aliphatic carbocycles. The number of rotatable bonds is 3. The van der Waals surface area contributed by atoms with Gasteiger partial charge >= 0.3 is 6.09 Å². The second-order valence-electron chi connectivity index (χ2n) is 13.9. The average molecular weight is 504 g/mol. The van der Waals surface area contributed by atoms with Crippen LogP contribution in [-0.4, -0.2) is 62.2 Å². The van der Waals surface area contributed by atoms with Crippen LogP contribution >= 0.6 is 0 Å². The van der Waals surface area contributed by atoms with Crippen molar-refractivity contribution in [3.8, 4) is 0 Å². The van der Waals surface area contributed by atoms with Gasteiger partial charge in [0.15, 0.2) is 6.29 Å². The highest BCUT2D eigenvalue weighted by molar-refractivity contribution is 5.67. The molecule has 7 heteroatoms. The van der Waals surface area contributed by atoms with Crippen molar-refractivity contribution >= 4 is 6.09 Å². The van der Waals surface area contributed by atoms with E-state index in [1.807, 2.05) is 0 Å². The fraction of sp³-hybridized carbons (Fsp3) is 0.897. The quantitative estimate of drug-likeness (QED) is 0.441. The lowest BCUT2D eigenvalue weighted by atomic mass is 9.46. The summed E-state index contributed by atoms with van der Waals surface area (Å²) < 4.78 is 24.7. The number of fused-ring (bicyclic) bond motifs is 7. The average Bonchev–Trinajstić information content (AvgIpc) is 3.58. The maximum absolute atomic E-state index is 12.5. The van der Waals surface area contributed by atoms with Crippen molar-refractivity contribution in [1.82, 2.24) is 5.32 Å². The number of aliphatic hydroxyl groups excluding tert-OH is 1. The Kier molecular flexibility index (Phi) is 5.88. The molecule has 202 valence electrons. The lowest BCUT2D eigenvalue weighted by Gasteiger charge is -2.59. The van der Waals surface area contributed by atoms with Crippen molar-refractivity contribution in [1.29, 1.82) is 0 Å². The molecule has 2 heterocycles. The zero-order valence-corrected chi connectivity index (χ0v) is 22.8. The van der Waals surface area contributed by atoms with E-state index in [4.69, 9.17) is 18.9 Å². The molecule has 7 nitrogen and oxygen atoms in total. The Morgan fingerprint density at radius 3 is 2.56 bits per heavy atom. The zero-order valence-electron chi connectivity index (χ0n) is 22.8. The molecule has 0 aromatic carbocycles. The fourth-order valence-corrected chi connectivity index (χ4v) is 9.40. The first kappa shape index (κ1) is 25.1. The first-order valence-corrected chi connectivity index (χ1v) is 14.2. The maximum Gasteiger partial charge on any atom is 0.407 e. The molecule has 2 aliphatic heterocycles. The van der Waals surface area contributed by atoms with Gasteiger partial charge in [0.1, 0.15) is 12.2 Å². The van der Waals surface area contributed by atoms with Crippen LogP contribution in [0.5, 0.6) is 0 Å². The lowest BCUT2D eigenvalue weighted by molar-refractivity contribution is -0.253. The molecular formula is C29H45NO6. The van der Waals surface area contributed by atoms with Gasteiger partial charge < -0.3 is 29.4 Å². The molecule has 5 unspecified atom stereocenters. The summed E-state index contributed by atoms with van der Waals surface area (Å²) in [4.78, 5) is 12.5. The summed E-state index contributed by atoms with van der Waals surface area (Å²) in [7, 11) is 1.62. The third-order valence-electron chi connectivity index (χ3n) is 11.3. The molecule has 0 aromatic rings. The maximum atomic E-state index is 12.5. The van der Waals surface area contributed by atoms with Crippen LogP contribution in [0.1, 0.15) is 66.7 Å². The van der Waals surface area contributed by atoms with E-state index < -0.39 is 6.10 Å². The number of ether oxygens (including phenoxy) is 4. The van der Waals surface area contributed by atoms with Gasteiger partial charge in [0.25, 0.3) is 0 Å². The smallest absolute Gasteiger partial charge is 0.407 e. The number of hydrogen-bond donors (Lipinski definition) is 2. The molecule has 36 heavy (non-hydrogen) atoms. The van der Waals surface area contributed by atoms with Crippen LogP contribution in [0.2, 0.25) is 0 Å². The van der Waals surface area contributed by atoms with Crippen molar-refractivity contribution in [2.24, 2.45) is 45.8 Å². The van der Waals surface area contributed by atoms with Crippen molar-refractivity contribution in [3.05, 3.63) is 11.6 Å². The van der Waals surface area contributed by atoms with Gasteiger partial charge in [-0.05, 0) is 61.3 Å². The van der Waals surface area contributed by atoms with E-state index in [1.165, 1.54) is 5.57 Å². The van der Waals surface area contributed by atoms with Crippen molar-refractivity contribution < 1.29 is 28.8 Å². The molecule has 0 aromatic heterocycles. The Morgan fingerprint density at radius 1 is 1.14 bits per heavy atom. The van der Waals surface area contributed by atoms with Crippen LogP contribution < -0.4 is 5.32 Å². The number of alkyl carbamates (subject to hydrolysis) is 1. The van der Waals surface area contributed by atoms with Crippen molar-refractivity contribution in [3.63, 3.8) is 0 Å². The van der Waals surface area contributed by atoms with Gasteiger partial charge in [-0.15, -0.1) is 0 Å². The summed E-state index contributed by atoms with van der Waals surface area (Å²) in [5, 5.41) is 13.3. The predicted octanol–water partition coefficient (Wildman–Crippen LogP) is 4.28. The molecule has 5 fully saturated rings. The van der Waals surface area contributed by atoms with Crippen LogP contribution in [0, 0.1) is 45.8 Å². The Hall–Kier alpha value is -1.15. The monoisotopic (exact) mass is 503 g/mol. The van der Waals surface area contributed by atoms with Gasteiger partial charge in [-0.1, -0.05) is 40.2 Å². The minimum atomic E-state index is -0.461. The summed E-state index contributed by atoms with van der Waals surface area (Å²) in [6.07, 6.45) is 6.11. The minimum absolute atomic E-state index is 0.0429. The summed E-state index contributed by atoms with van der Waals surface area (Å²) in [6, 6.07) is 0. The fourth-order valence-electron chi connectivity index (χ4n) is 9.40. The zero-order chi connectivity index (χ0) is 25.6. The van der Waals surface area contributed by atoms with Crippen molar-refractivity contribution in [2.45, 2.75) is 97.4 Å². The van der Waals surface area contributed by atoms with E-state index in [9.17, 15) is 9.90 Å². The van der Waals surface area contributed by atoms with Gasteiger partial charge in [0, 0.05) is 29.7 Å². The van der Waals surface area contributed by atoms with Gasteiger partial charge in [-0.25, -0.2) is 4.79 Å². The molecule has 1 amide bonds. The molecule has 2 saturated heterocycles. The van der Waals surface area contributed by atoms with Gasteiger partial charge in [-0.2, -0.15) is 0 Å². The SMILES string of the molecule is CNC(=O)OC1C=C2CC(O)C3OC3[C@]2(C)[C@H]2CC[C@]3(C)[C@@H](C(C)C4OCC(C)(C)CO4)CC[C@H]3[C@H]12. The van der Waals surface area contributed by atoms with E-state index in [0.29, 0.717) is 30.1 Å². The Balaban J connectivity index is 1.30. The molecule has 11 atom stereocenters. The van der Waals surface area contributed by atoms with E-state index in [0.717, 1.165) is 38.9 Å². The van der Waals surface area contributed by atoms with Crippen LogP contribution in [0.4, 0.5) is 4.79 Å². The minimum Gasteiger partial charge on any atom is -0.442 e. The Bertz CT molecular complexity index is 925. The molecule has 6 rings (SSSR count). The Labute approximate surface area is 215 Å². The van der Waals surface area contributed by atoms with E-state index in [-0.39, 0.29) is 52.9 Å². The number of aliphatic hydroxyl groups is 1. The Morgan fingerprint density at radius 2 is 1.86 bits per heavy atom. The molecule has 6 aliphatic rings. The van der Waals surface area contributed by atoms with E-state index in [2.05, 4.69) is 46.0 Å². The molecule has 3 saturated carbocycles. The second-order valence-corrected chi connectivity index (χ2v) is 13.9. The second kappa shape index (κ2) is 8.42. The topological polar surface area (TPSA) is 89.6 Å². The van der Waals surface area contributed by atoms with E-state index >= 15 is 0 Å². The normalized spacial score (nSPS) is 50.0. The van der Waals surface area contributed by atoms with Crippen LogP contribution in [0.25, 0.3) is 0 Å². The molecular weight excluding hydrogens is 458 g/mol. The summed E-state index contributed by atoms with van der Waals surface area (Å²) in [5.74, 6) is 1.91. The lowest BCUT2D eigenvalue weighted by Crippen LogP contribution is -2.58.